The molecule has 3 rings (SSSR count). The molecular weight excluding hydrogens is 414 g/mol. The van der Waals surface area contributed by atoms with E-state index in [0.717, 1.165) is 11.3 Å². The van der Waals surface area contributed by atoms with Crippen molar-refractivity contribution < 1.29 is 17.9 Å². The number of aromatic amines is 1. The van der Waals surface area contributed by atoms with Gasteiger partial charge in [-0.3, -0.25) is 0 Å². The Hall–Kier alpha value is -2.68. The number of esters is 1. The van der Waals surface area contributed by atoms with Crippen molar-refractivity contribution in [1.82, 2.24) is 14.7 Å². The second-order valence-electron chi connectivity index (χ2n) is 6.27. The number of carbonyl (C=O) groups excluding carboxylic acids is 1. The lowest BCUT2D eigenvalue weighted by atomic mass is 10.2. The monoisotopic (exact) mass is 433 g/mol. The minimum absolute atomic E-state index is 0.00410. The van der Waals surface area contributed by atoms with Gasteiger partial charge in [-0.25, -0.2) is 22.9 Å². The summed E-state index contributed by atoms with van der Waals surface area (Å²) in [5.74, 6) is -0.168. The van der Waals surface area contributed by atoms with Crippen LogP contribution >= 0.6 is 11.6 Å². The van der Waals surface area contributed by atoms with Crippen LogP contribution < -0.4 is 4.72 Å². The van der Waals surface area contributed by atoms with Gasteiger partial charge in [-0.1, -0.05) is 48.9 Å². The Labute approximate surface area is 174 Å². The predicted molar refractivity (Wildman–Crippen MR) is 110 cm³/mol. The highest BCUT2D eigenvalue weighted by atomic mass is 35.5. The molecule has 2 N–H and O–H groups in total. The third-order valence-corrected chi connectivity index (χ3v) is 6.31. The minimum Gasteiger partial charge on any atom is -0.465 e. The first-order chi connectivity index (χ1) is 13.9. The summed E-state index contributed by atoms with van der Waals surface area (Å²) in [4.78, 5) is 19.0. The van der Waals surface area contributed by atoms with Crippen molar-refractivity contribution in [2.24, 2.45) is 0 Å². The number of halogens is 1. The van der Waals surface area contributed by atoms with Crippen molar-refractivity contribution in [2.45, 2.75) is 24.3 Å². The van der Waals surface area contributed by atoms with E-state index in [2.05, 4.69) is 19.4 Å². The summed E-state index contributed by atoms with van der Waals surface area (Å²) in [6, 6.07) is 12.9. The Balaban J connectivity index is 1.89. The number of aromatic nitrogens is 2. The molecule has 1 aromatic heterocycles. The lowest BCUT2D eigenvalue weighted by molar-refractivity contribution is 0.0600. The normalized spacial score (nSPS) is 12.5. The molecule has 0 amide bonds. The fourth-order valence-electron chi connectivity index (χ4n) is 2.82. The zero-order chi connectivity index (χ0) is 21.0. The quantitative estimate of drug-likeness (QED) is 0.549. The lowest BCUT2D eigenvalue weighted by Crippen LogP contribution is -2.29. The zero-order valence-corrected chi connectivity index (χ0v) is 17.4. The summed E-state index contributed by atoms with van der Waals surface area (Å²) in [7, 11) is -2.80. The van der Waals surface area contributed by atoms with E-state index >= 15 is 0 Å². The Morgan fingerprint density at radius 1 is 1.24 bits per heavy atom. The van der Waals surface area contributed by atoms with Crippen molar-refractivity contribution in [3.8, 4) is 11.3 Å². The number of benzene rings is 2. The summed E-state index contributed by atoms with van der Waals surface area (Å²) < 4.78 is 33.1. The van der Waals surface area contributed by atoms with Gasteiger partial charge >= 0.3 is 5.97 Å². The van der Waals surface area contributed by atoms with Crippen molar-refractivity contribution in [3.63, 3.8) is 0 Å². The van der Waals surface area contributed by atoms with Gasteiger partial charge in [0.15, 0.2) is 0 Å². The molecule has 1 atom stereocenters. The number of nitrogens with zero attached hydrogens (tertiary/aromatic N) is 1. The Bertz CT molecular complexity index is 1110. The predicted octanol–water partition coefficient (Wildman–Crippen LogP) is 3.95. The van der Waals surface area contributed by atoms with Crippen molar-refractivity contribution in [3.05, 3.63) is 71.1 Å². The highest BCUT2D eigenvalue weighted by Gasteiger charge is 2.25. The molecule has 0 saturated carbocycles. The van der Waals surface area contributed by atoms with Crippen molar-refractivity contribution in [2.75, 3.05) is 7.11 Å². The topological polar surface area (TPSA) is 101 Å². The highest BCUT2D eigenvalue weighted by molar-refractivity contribution is 7.89. The third kappa shape index (κ3) is 4.67. The molecule has 0 bridgehead atoms. The number of nitrogens with one attached hydrogen (secondary N) is 2. The molecule has 9 heteroatoms. The van der Waals surface area contributed by atoms with Crippen LogP contribution in [-0.4, -0.2) is 31.5 Å². The summed E-state index contributed by atoms with van der Waals surface area (Å²) >= 11 is 6.09. The zero-order valence-electron chi connectivity index (χ0n) is 15.8. The maximum absolute atomic E-state index is 12.9. The number of hydrogen-bond acceptors (Lipinski definition) is 5. The van der Waals surface area contributed by atoms with Crippen LogP contribution in [0.15, 0.2) is 59.6 Å². The SMILES string of the molecule is CCC(NS(=O)(=O)c1cc(C(=O)OC)ccc1Cl)c1ncc(-c2ccccc2)[nH]1. The van der Waals surface area contributed by atoms with Crippen LogP contribution in [0.5, 0.6) is 0 Å². The first-order valence-corrected chi connectivity index (χ1v) is 10.7. The summed E-state index contributed by atoms with van der Waals surface area (Å²) in [5.41, 5.74) is 1.82. The van der Waals surface area contributed by atoms with Crippen LogP contribution in [0.25, 0.3) is 11.3 Å². The Kier molecular flexibility index (Phi) is 6.36. The molecule has 0 aliphatic heterocycles. The maximum atomic E-state index is 12.9. The minimum atomic E-state index is -4.02. The molecule has 29 heavy (non-hydrogen) atoms. The van der Waals surface area contributed by atoms with Crippen molar-refractivity contribution >= 4 is 27.6 Å². The van der Waals surface area contributed by atoms with Gasteiger partial charge in [0.2, 0.25) is 10.0 Å². The van der Waals surface area contributed by atoms with Crippen LogP contribution in [0.3, 0.4) is 0 Å². The Morgan fingerprint density at radius 2 is 1.97 bits per heavy atom. The summed E-state index contributed by atoms with van der Waals surface area (Å²) in [6.07, 6.45) is 2.11. The molecule has 7 nitrogen and oxygen atoms in total. The van der Waals surface area contributed by atoms with Gasteiger partial charge in [-0.15, -0.1) is 0 Å². The van der Waals surface area contributed by atoms with Gasteiger partial charge in [-0.2, -0.15) is 0 Å². The maximum Gasteiger partial charge on any atom is 0.337 e. The van der Waals surface area contributed by atoms with Crippen molar-refractivity contribution in [1.29, 1.82) is 0 Å². The number of rotatable bonds is 7. The average molecular weight is 434 g/mol. The number of carbonyl (C=O) groups is 1. The van der Waals surface area contributed by atoms with E-state index in [4.69, 9.17) is 11.6 Å². The number of H-pyrrole nitrogens is 1. The van der Waals surface area contributed by atoms with Crippen LogP contribution in [0.4, 0.5) is 0 Å². The van der Waals surface area contributed by atoms with Gasteiger partial charge in [0, 0.05) is 0 Å². The van der Waals surface area contributed by atoms with Gasteiger partial charge < -0.3 is 9.72 Å². The lowest BCUT2D eigenvalue weighted by Gasteiger charge is -2.16. The van der Waals surface area contributed by atoms with Crippen LogP contribution in [0, 0.1) is 0 Å². The number of ether oxygens (including phenoxy) is 1. The molecule has 1 unspecified atom stereocenters. The molecule has 0 aliphatic rings. The van der Waals surface area contributed by atoms with E-state index in [-0.39, 0.29) is 15.5 Å². The van der Waals surface area contributed by atoms with Crippen LogP contribution in [0.1, 0.15) is 35.6 Å². The molecule has 0 radical (unpaired) electrons. The largest absolute Gasteiger partial charge is 0.465 e. The van der Waals surface area contributed by atoms with Crippen LogP contribution in [-0.2, 0) is 14.8 Å². The third-order valence-electron chi connectivity index (χ3n) is 4.36. The molecule has 3 aromatic rings. The second kappa shape index (κ2) is 8.77. The molecule has 0 aliphatic carbocycles. The van der Waals surface area contributed by atoms with E-state index in [1.807, 2.05) is 37.3 Å². The number of methoxy groups -OCH3 is 1. The summed E-state index contributed by atoms with van der Waals surface area (Å²) in [5, 5.41) is 0.00410. The van der Waals surface area contributed by atoms with E-state index in [1.165, 1.54) is 25.3 Å². The number of imidazole rings is 1. The Morgan fingerprint density at radius 3 is 2.62 bits per heavy atom. The van der Waals surface area contributed by atoms with Gasteiger partial charge in [-0.05, 0) is 30.2 Å². The molecule has 2 aromatic carbocycles. The van der Waals surface area contributed by atoms with E-state index in [1.54, 1.807) is 6.20 Å². The highest BCUT2D eigenvalue weighted by Crippen LogP contribution is 2.26. The molecule has 0 spiro atoms. The first-order valence-electron chi connectivity index (χ1n) is 8.86. The smallest absolute Gasteiger partial charge is 0.337 e. The summed E-state index contributed by atoms with van der Waals surface area (Å²) in [6.45, 7) is 1.84. The molecule has 1 heterocycles. The fourth-order valence-corrected chi connectivity index (χ4v) is 4.62. The van der Waals surface area contributed by atoms with Gasteiger partial charge in [0.1, 0.15) is 10.7 Å². The second-order valence-corrected chi connectivity index (χ2v) is 8.36. The number of hydrogen-bond donors (Lipinski definition) is 2. The van der Waals surface area contributed by atoms with Gasteiger partial charge in [0.25, 0.3) is 0 Å². The molecular formula is C20H20ClN3O4S. The van der Waals surface area contributed by atoms with Crippen LogP contribution in [0.2, 0.25) is 5.02 Å². The standard InChI is InChI=1S/C20H20ClN3O4S/c1-3-16(19-22-12-17(23-19)13-7-5-4-6-8-13)24-29(26,27)18-11-14(20(25)28-2)9-10-15(18)21/h4-12,16,24H,3H2,1-2H3,(H,22,23). The first kappa shape index (κ1) is 21.0. The molecule has 0 saturated heterocycles. The fraction of sp³-hybridized carbons (Fsp3) is 0.200. The van der Waals surface area contributed by atoms with E-state index < -0.39 is 22.0 Å². The number of sulfonamides is 1. The molecule has 152 valence electrons. The van der Waals surface area contributed by atoms with E-state index in [0.29, 0.717) is 12.2 Å². The molecule has 0 fully saturated rings. The average Bonchev–Trinajstić information content (AvgIpc) is 3.22. The van der Waals surface area contributed by atoms with E-state index in [9.17, 15) is 13.2 Å². The van der Waals surface area contributed by atoms with Gasteiger partial charge in [0.05, 0.1) is 35.6 Å².